The van der Waals surface area contributed by atoms with Crippen molar-refractivity contribution >= 4 is 12.0 Å². The molecule has 162 valence electrons. The molecule has 7 heteroatoms. The zero-order valence-electron chi connectivity index (χ0n) is 17.9. The number of aliphatic hydroxyl groups excluding tert-OH is 1. The zero-order chi connectivity index (χ0) is 22.1. The Labute approximate surface area is 177 Å². The fourth-order valence-corrected chi connectivity index (χ4v) is 2.81. The van der Waals surface area contributed by atoms with E-state index in [2.05, 4.69) is 10.6 Å². The quantitative estimate of drug-likeness (QED) is 0.614. The normalized spacial score (nSPS) is 12.0. The van der Waals surface area contributed by atoms with Gasteiger partial charge in [0.05, 0.1) is 19.3 Å². The number of alkyl carbamates (subject to hydrolysis) is 1. The van der Waals surface area contributed by atoms with E-state index in [9.17, 15) is 14.7 Å². The minimum Gasteiger partial charge on any atom is -0.494 e. The topological polar surface area (TPSA) is 96.9 Å². The largest absolute Gasteiger partial charge is 0.494 e. The number of aliphatic hydroxyl groups is 1. The van der Waals surface area contributed by atoms with Crippen LogP contribution in [-0.2, 0) is 11.3 Å². The van der Waals surface area contributed by atoms with Gasteiger partial charge in [0, 0.05) is 12.1 Å². The number of carbonyl (C=O) groups is 2. The van der Waals surface area contributed by atoms with Crippen molar-refractivity contribution in [1.29, 1.82) is 0 Å². The van der Waals surface area contributed by atoms with E-state index in [0.717, 1.165) is 11.3 Å². The van der Waals surface area contributed by atoms with Crippen molar-refractivity contribution in [3.05, 3.63) is 65.2 Å². The number of hydrogen-bond acceptors (Lipinski definition) is 5. The first-order chi connectivity index (χ1) is 14.2. The second kappa shape index (κ2) is 10.6. The molecule has 3 N–H and O–H groups in total. The number of ether oxygens (including phenoxy) is 2. The van der Waals surface area contributed by atoms with Crippen LogP contribution in [0.25, 0.3) is 0 Å². The third-order valence-electron chi connectivity index (χ3n) is 4.17. The van der Waals surface area contributed by atoms with Gasteiger partial charge in [0.15, 0.2) is 0 Å². The standard InChI is InChI=1S/C23H30N2O5/c1-5-29-18-12-10-16(11-13-18)20(15-26)25-21(27)19-9-7-6-8-17(19)14-24-22(28)30-23(2,3)4/h6-13,20,26H,5,14-15H2,1-4H3,(H,24,28)(H,25,27). The molecule has 0 radical (unpaired) electrons. The summed E-state index contributed by atoms with van der Waals surface area (Å²) in [5.74, 6) is 0.382. The summed E-state index contributed by atoms with van der Waals surface area (Å²) in [6.07, 6.45) is -0.555. The molecule has 2 amide bonds. The highest BCUT2D eigenvalue weighted by molar-refractivity contribution is 5.96. The van der Waals surface area contributed by atoms with Gasteiger partial charge in [-0.1, -0.05) is 30.3 Å². The number of benzene rings is 2. The van der Waals surface area contributed by atoms with E-state index in [1.54, 1.807) is 57.2 Å². The van der Waals surface area contributed by atoms with E-state index in [1.807, 2.05) is 19.1 Å². The highest BCUT2D eigenvalue weighted by atomic mass is 16.6. The Kier molecular flexibility index (Phi) is 8.24. The van der Waals surface area contributed by atoms with Crippen molar-refractivity contribution < 1.29 is 24.2 Å². The van der Waals surface area contributed by atoms with Gasteiger partial charge in [0.25, 0.3) is 5.91 Å². The molecule has 0 aliphatic rings. The number of nitrogens with one attached hydrogen (secondary N) is 2. The Hall–Kier alpha value is -3.06. The van der Waals surface area contributed by atoms with Crippen LogP contribution in [0.15, 0.2) is 48.5 Å². The highest BCUT2D eigenvalue weighted by Gasteiger charge is 2.19. The van der Waals surface area contributed by atoms with Gasteiger partial charge in [-0.05, 0) is 57.0 Å². The van der Waals surface area contributed by atoms with Gasteiger partial charge in [0.2, 0.25) is 0 Å². The Balaban J connectivity index is 2.07. The minimum atomic E-state index is -0.604. The van der Waals surface area contributed by atoms with Crippen LogP contribution in [0, 0.1) is 0 Å². The van der Waals surface area contributed by atoms with Gasteiger partial charge < -0.3 is 25.2 Å². The molecule has 0 aliphatic carbocycles. The summed E-state index contributed by atoms with van der Waals surface area (Å²) in [5.41, 5.74) is 1.22. The van der Waals surface area contributed by atoms with Gasteiger partial charge in [0.1, 0.15) is 11.4 Å². The van der Waals surface area contributed by atoms with Crippen molar-refractivity contribution in [2.45, 2.75) is 45.9 Å². The van der Waals surface area contributed by atoms with Crippen LogP contribution in [0.2, 0.25) is 0 Å². The van der Waals surface area contributed by atoms with Crippen molar-refractivity contribution in [2.24, 2.45) is 0 Å². The molecule has 2 rings (SSSR count). The van der Waals surface area contributed by atoms with E-state index in [4.69, 9.17) is 9.47 Å². The van der Waals surface area contributed by atoms with Crippen LogP contribution in [-0.4, -0.2) is 35.9 Å². The average molecular weight is 415 g/mol. The maximum Gasteiger partial charge on any atom is 0.407 e. The molecule has 0 bridgehead atoms. The van der Waals surface area contributed by atoms with E-state index in [-0.39, 0.29) is 19.1 Å². The molecule has 1 unspecified atom stereocenters. The van der Waals surface area contributed by atoms with E-state index in [1.165, 1.54) is 0 Å². The predicted molar refractivity (Wildman–Crippen MR) is 114 cm³/mol. The van der Waals surface area contributed by atoms with Crippen molar-refractivity contribution in [2.75, 3.05) is 13.2 Å². The summed E-state index contributed by atoms with van der Waals surface area (Å²) < 4.78 is 10.7. The van der Waals surface area contributed by atoms with Crippen LogP contribution in [0.3, 0.4) is 0 Å². The molecule has 0 heterocycles. The lowest BCUT2D eigenvalue weighted by atomic mass is 10.0. The van der Waals surface area contributed by atoms with Crippen LogP contribution in [0.4, 0.5) is 4.79 Å². The second-order valence-corrected chi connectivity index (χ2v) is 7.72. The third kappa shape index (κ3) is 7.08. The lowest BCUT2D eigenvalue weighted by molar-refractivity contribution is 0.0522. The molecule has 0 spiro atoms. The molecule has 7 nitrogen and oxygen atoms in total. The van der Waals surface area contributed by atoms with Gasteiger partial charge in [-0.25, -0.2) is 4.79 Å². The first kappa shape index (κ1) is 23.2. The monoisotopic (exact) mass is 414 g/mol. The van der Waals surface area contributed by atoms with E-state index < -0.39 is 17.7 Å². The maximum atomic E-state index is 12.9. The van der Waals surface area contributed by atoms with Gasteiger partial charge in [-0.3, -0.25) is 4.79 Å². The number of rotatable bonds is 8. The summed E-state index contributed by atoms with van der Waals surface area (Å²) >= 11 is 0. The molecular formula is C23H30N2O5. The predicted octanol–water partition coefficient (Wildman–Crippen LogP) is 3.57. The lowest BCUT2D eigenvalue weighted by Crippen LogP contribution is -2.34. The molecule has 2 aromatic rings. The minimum absolute atomic E-state index is 0.144. The van der Waals surface area contributed by atoms with Gasteiger partial charge >= 0.3 is 6.09 Å². The van der Waals surface area contributed by atoms with Crippen LogP contribution in [0.1, 0.15) is 55.2 Å². The summed E-state index contributed by atoms with van der Waals surface area (Å²) in [7, 11) is 0. The summed E-state index contributed by atoms with van der Waals surface area (Å²) in [5, 5.41) is 15.3. The van der Waals surface area contributed by atoms with Gasteiger partial charge in [-0.2, -0.15) is 0 Å². The molecule has 0 aliphatic heterocycles. The van der Waals surface area contributed by atoms with E-state index in [0.29, 0.717) is 17.7 Å². The first-order valence-corrected chi connectivity index (χ1v) is 9.92. The molecule has 0 saturated carbocycles. The molecule has 0 fully saturated rings. The highest BCUT2D eigenvalue weighted by Crippen LogP contribution is 2.19. The number of amides is 2. The summed E-state index contributed by atoms with van der Waals surface area (Å²) in [4.78, 5) is 24.8. The fraction of sp³-hybridized carbons (Fsp3) is 0.391. The Morgan fingerprint density at radius 2 is 1.73 bits per heavy atom. The van der Waals surface area contributed by atoms with Crippen LogP contribution < -0.4 is 15.4 Å². The molecule has 1 atom stereocenters. The third-order valence-corrected chi connectivity index (χ3v) is 4.17. The van der Waals surface area contributed by atoms with E-state index >= 15 is 0 Å². The summed E-state index contributed by atoms with van der Waals surface area (Å²) in [6.45, 7) is 7.70. The second-order valence-electron chi connectivity index (χ2n) is 7.72. The molecule has 2 aromatic carbocycles. The smallest absolute Gasteiger partial charge is 0.407 e. The average Bonchev–Trinajstić information content (AvgIpc) is 2.70. The van der Waals surface area contributed by atoms with Crippen molar-refractivity contribution in [1.82, 2.24) is 10.6 Å². The molecule has 0 saturated heterocycles. The summed E-state index contributed by atoms with van der Waals surface area (Å²) in [6, 6.07) is 13.6. The van der Waals surface area contributed by atoms with Gasteiger partial charge in [-0.15, -0.1) is 0 Å². The zero-order valence-corrected chi connectivity index (χ0v) is 17.9. The number of hydrogen-bond donors (Lipinski definition) is 3. The SMILES string of the molecule is CCOc1ccc(C(CO)NC(=O)c2ccccc2CNC(=O)OC(C)(C)C)cc1. The lowest BCUT2D eigenvalue weighted by Gasteiger charge is -2.20. The van der Waals surface area contributed by atoms with Crippen molar-refractivity contribution in [3.8, 4) is 5.75 Å². The van der Waals surface area contributed by atoms with Crippen molar-refractivity contribution in [3.63, 3.8) is 0 Å². The first-order valence-electron chi connectivity index (χ1n) is 9.92. The fourth-order valence-electron chi connectivity index (χ4n) is 2.81. The Bertz CT molecular complexity index is 843. The Morgan fingerprint density at radius 3 is 2.33 bits per heavy atom. The van der Waals surface area contributed by atoms with Crippen LogP contribution >= 0.6 is 0 Å². The molecule has 0 aromatic heterocycles. The molecular weight excluding hydrogens is 384 g/mol. The maximum absolute atomic E-state index is 12.9. The molecule has 30 heavy (non-hydrogen) atoms. The van der Waals surface area contributed by atoms with Crippen LogP contribution in [0.5, 0.6) is 5.75 Å². The number of carbonyl (C=O) groups excluding carboxylic acids is 2. The Morgan fingerprint density at radius 1 is 1.07 bits per heavy atom.